The summed E-state index contributed by atoms with van der Waals surface area (Å²) in [6.07, 6.45) is 0.546. The van der Waals surface area contributed by atoms with Gasteiger partial charge in [-0.2, -0.15) is 0 Å². The third kappa shape index (κ3) is 4.40. The molecule has 5 nitrogen and oxygen atoms in total. The molecule has 0 aliphatic rings. The molecule has 0 aromatic carbocycles. The predicted octanol–water partition coefficient (Wildman–Crippen LogP) is 1.66. The van der Waals surface area contributed by atoms with Crippen molar-refractivity contribution >= 4 is 17.7 Å². The molecule has 0 saturated carbocycles. The number of thioether (sulfide) groups is 1. The molecule has 0 saturated heterocycles. The molecule has 17 heavy (non-hydrogen) atoms. The lowest BCUT2D eigenvalue weighted by Crippen LogP contribution is -2.32. The van der Waals surface area contributed by atoms with Crippen LogP contribution in [0.2, 0.25) is 0 Å². The summed E-state index contributed by atoms with van der Waals surface area (Å²) >= 11 is 1.45. The monoisotopic (exact) mass is 258 g/mol. The molecule has 0 fully saturated rings. The van der Waals surface area contributed by atoms with Gasteiger partial charge in [-0.05, 0) is 27.2 Å². The minimum atomic E-state index is -0.570. The van der Waals surface area contributed by atoms with Crippen molar-refractivity contribution in [1.82, 2.24) is 4.98 Å². The number of nitrogens with zero attached hydrogens (tertiary/aromatic N) is 1. The van der Waals surface area contributed by atoms with E-state index in [-0.39, 0.29) is 5.97 Å². The lowest BCUT2D eigenvalue weighted by molar-refractivity contribution is -0.144. The van der Waals surface area contributed by atoms with E-state index in [1.807, 2.05) is 13.8 Å². The Kier molecular flexibility index (Phi) is 5.50. The molecule has 1 aromatic rings. The average molecular weight is 258 g/mol. The van der Waals surface area contributed by atoms with Crippen LogP contribution in [0, 0.1) is 13.8 Å². The highest BCUT2D eigenvalue weighted by molar-refractivity contribution is 7.99. The second kappa shape index (κ2) is 6.66. The predicted molar refractivity (Wildman–Crippen MR) is 65.9 cm³/mol. The van der Waals surface area contributed by atoms with Crippen LogP contribution >= 0.6 is 11.8 Å². The Balaban J connectivity index is 2.30. The van der Waals surface area contributed by atoms with Crippen molar-refractivity contribution in [2.24, 2.45) is 5.73 Å². The fourth-order valence-corrected chi connectivity index (χ4v) is 2.08. The van der Waals surface area contributed by atoms with Gasteiger partial charge < -0.3 is 14.9 Å². The van der Waals surface area contributed by atoms with Gasteiger partial charge in [-0.1, -0.05) is 11.8 Å². The zero-order chi connectivity index (χ0) is 12.8. The summed E-state index contributed by atoms with van der Waals surface area (Å²) in [5.41, 5.74) is 6.55. The molecule has 0 aliphatic carbocycles. The maximum atomic E-state index is 11.2. The van der Waals surface area contributed by atoms with E-state index >= 15 is 0 Å². The van der Waals surface area contributed by atoms with Gasteiger partial charge in [0, 0.05) is 5.75 Å². The van der Waals surface area contributed by atoms with Gasteiger partial charge in [-0.3, -0.25) is 4.79 Å². The highest BCUT2D eigenvalue weighted by atomic mass is 32.2. The van der Waals surface area contributed by atoms with Crippen molar-refractivity contribution in [1.29, 1.82) is 0 Å². The molecule has 1 atom stereocenters. The van der Waals surface area contributed by atoms with E-state index in [0.29, 0.717) is 24.0 Å². The zero-order valence-corrected chi connectivity index (χ0v) is 11.2. The smallest absolute Gasteiger partial charge is 0.322 e. The van der Waals surface area contributed by atoms with Gasteiger partial charge in [-0.25, -0.2) is 4.98 Å². The molecule has 0 radical (unpaired) electrons. The molecule has 0 bridgehead atoms. The number of carbonyl (C=O) groups excluding carboxylic acids is 1. The number of ether oxygens (including phenoxy) is 1. The summed E-state index contributed by atoms with van der Waals surface area (Å²) in [6.45, 7) is 5.89. The van der Waals surface area contributed by atoms with Crippen LogP contribution in [-0.4, -0.2) is 29.4 Å². The Labute approximate surface area is 105 Å². The molecule has 96 valence electrons. The van der Waals surface area contributed by atoms with Gasteiger partial charge in [-0.15, -0.1) is 0 Å². The fourth-order valence-electron chi connectivity index (χ4n) is 1.15. The quantitative estimate of drug-likeness (QED) is 0.617. The third-order valence-electron chi connectivity index (χ3n) is 2.25. The molecule has 1 heterocycles. The van der Waals surface area contributed by atoms with Crippen molar-refractivity contribution in [3.8, 4) is 0 Å². The fraction of sp³-hybridized carbons (Fsp3) is 0.636. The maximum Gasteiger partial charge on any atom is 0.322 e. The summed E-state index contributed by atoms with van der Waals surface area (Å²) in [7, 11) is 0. The average Bonchev–Trinajstić information content (AvgIpc) is 2.58. The van der Waals surface area contributed by atoms with Crippen molar-refractivity contribution < 1.29 is 13.9 Å². The van der Waals surface area contributed by atoms with Crippen LogP contribution in [0.1, 0.15) is 24.8 Å². The van der Waals surface area contributed by atoms with Crippen LogP contribution in [-0.2, 0) is 9.53 Å². The van der Waals surface area contributed by atoms with E-state index in [2.05, 4.69) is 4.98 Å². The van der Waals surface area contributed by atoms with Crippen molar-refractivity contribution in [2.45, 2.75) is 38.5 Å². The summed E-state index contributed by atoms with van der Waals surface area (Å²) in [5.74, 6) is 1.15. The van der Waals surface area contributed by atoms with Crippen LogP contribution in [0.3, 0.4) is 0 Å². The number of aromatic nitrogens is 1. The number of oxazole rings is 1. The first-order valence-electron chi connectivity index (χ1n) is 5.53. The number of esters is 1. The van der Waals surface area contributed by atoms with E-state index in [1.165, 1.54) is 11.8 Å². The van der Waals surface area contributed by atoms with Crippen LogP contribution in [0.25, 0.3) is 0 Å². The Hall–Kier alpha value is -1.01. The number of nitrogens with two attached hydrogens (primary N) is 1. The summed E-state index contributed by atoms with van der Waals surface area (Å²) < 4.78 is 10.2. The maximum absolute atomic E-state index is 11.2. The molecule has 1 aromatic heterocycles. The first-order valence-corrected chi connectivity index (χ1v) is 6.52. The minimum Gasteiger partial charge on any atom is -0.465 e. The third-order valence-corrected chi connectivity index (χ3v) is 3.11. The van der Waals surface area contributed by atoms with Crippen LogP contribution in [0.15, 0.2) is 9.64 Å². The number of rotatable bonds is 6. The van der Waals surface area contributed by atoms with Gasteiger partial charge >= 0.3 is 5.97 Å². The van der Waals surface area contributed by atoms with Gasteiger partial charge in [0.15, 0.2) is 0 Å². The van der Waals surface area contributed by atoms with Crippen LogP contribution in [0.4, 0.5) is 0 Å². The van der Waals surface area contributed by atoms with Crippen molar-refractivity contribution in [2.75, 3.05) is 12.4 Å². The lowest BCUT2D eigenvalue weighted by atomic mass is 10.2. The first kappa shape index (κ1) is 14.1. The standard InChI is InChI=1S/C11H18N2O3S/c1-4-15-10(14)9(12)5-6-17-11-13-7(2)8(3)16-11/h9H,4-6,12H2,1-3H3. The molecule has 0 spiro atoms. The Morgan fingerprint density at radius 1 is 1.59 bits per heavy atom. The van der Waals surface area contributed by atoms with Crippen LogP contribution in [0.5, 0.6) is 0 Å². The highest BCUT2D eigenvalue weighted by Crippen LogP contribution is 2.21. The van der Waals surface area contributed by atoms with E-state index in [4.69, 9.17) is 14.9 Å². The van der Waals surface area contributed by atoms with Gasteiger partial charge in [0.25, 0.3) is 5.22 Å². The van der Waals surface area contributed by atoms with E-state index in [0.717, 1.165) is 11.5 Å². The zero-order valence-electron chi connectivity index (χ0n) is 10.4. The van der Waals surface area contributed by atoms with Crippen molar-refractivity contribution in [3.63, 3.8) is 0 Å². The van der Waals surface area contributed by atoms with Gasteiger partial charge in [0.05, 0.1) is 12.3 Å². The Morgan fingerprint density at radius 2 is 2.29 bits per heavy atom. The Morgan fingerprint density at radius 3 is 2.82 bits per heavy atom. The molecule has 6 heteroatoms. The van der Waals surface area contributed by atoms with Gasteiger partial charge in [0.1, 0.15) is 11.8 Å². The van der Waals surface area contributed by atoms with E-state index in [9.17, 15) is 4.79 Å². The minimum absolute atomic E-state index is 0.354. The Bertz CT molecular complexity index is 359. The number of aryl methyl sites for hydroxylation is 2. The van der Waals surface area contributed by atoms with Crippen molar-refractivity contribution in [3.05, 3.63) is 11.5 Å². The first-order chi connectivity index (χ1) is 8.04. The summed E-state index contributed by atoms with van der Waals surface area (Å²) in [6, 6.07) is -0.570. The second-order valence-corrected chi connectivity index (χ2v) is 4.66. The number of hydrogen-bond donors (Lipinski definition) is 1. The molecular formula is C11H18N2O3S. The second-order valence-electron chi connectivity index (χ2n) is 3.62. The highest BCUT2D eigenvalue weighted by Gasteiger charge is 2.15. The lowest BCUT2D eigenvalue weighted by Gasteiger charge is -2.08. The molecule has 1 rings (SSSR count). The SMILES string of the molecule is CCOC(=O)C(N)CCSc1nc(C)c(C)o1. The molecule has 0 aliphatic heterocycles. The molecule has 1 unspecified atom stereocenters. The summed E-state index contributed by atoms with van der Waals surface area (Å²) in [5, 5.41) is 0.621. The molecule has 0 amide bonds. The number of hydrogen-bond acceptors (Lipinski definition) is 6. The van der Waals surface area contributed by atoms with E-state index in [1.54, 1.807) is 6.92 Å². The number of carbonyl (C=O) groups is 1. The largest absolute Gasteiger partial charge is 0.465 e. The summed E-state index contributed by atoms with van der Waals surface area (Å²) in [4.78, 5) is 15.5. The topological polar surface area (TPSA) is 78.4 Å². The van der Waals surface area contributed by atoms with Gasteiger partial charge in [0.2, 0.25) is 0 Å². The molecule has 2 N–H and O–H groups in total. The normalized spacial score (nSPS) is 12.5. The van der Waals surface area contributed by atoms with E-state index < -0.39 is 6.04 Å². The van der Waals surface area contributed by atoms with Crippen LogP contribution < -0.4 is 5.73 Å². The molecular weight excluding hydrogens is 240 g/mol.